The number of hydrogen-bond acceptors (Lipinski definition) is 8. The van der Waals surface area contributed by atoms with E-state index in [0.717, 1.165) is 11.8 Å². The zero-order valence-electron chi connectivity index (χ0n) is 15.8. The minimum absolute atomic E-state index is 0.0514. The molecular formula is C17H24N2O7S2. The van der Waals surface area contributed by atoms with Gasteiger partial charge in [-0.1, -0.05) is 0 Å². The van der Waals surface area contributed by atoms with Crippen molar-refractivity contribution in [1.82, 2.24) is 4.31 Å². The first-order valence-corrected chi connectivity index (χ1v) is 11.3. The number of thioether (sulfide) groups is 1. The van der Waals surface area contributed by atoms with Crippen LogP contribution in [-0.2, 0) is 29.1 Å². The van der Waals surface area contributed by atoms with E-state index < -0.39 is 10.0 Å². The van der Waals surface area contributed by atoms with E-state index in [2.05, 4.69) is 5.32 Å². The Morgan fingerprint density at radius 3 is 2.61 bits per heavy atom. The van der Waals surface area contributed by atoms with Crippen LogP contribution in [0.4, 0.5) is 5.69 Å². The molecule has 1 aromatic rings. The summed E-state index contributed by atoms with van der Waals surface area (Å²) in [7, 11) is -2.27. The summed E-state index contributed by atoms with van der Waals surface area (Å²) in [5.41, 5.74) is 0.352. The number of amides is 1. The summed E-state index contributed by atoms with van der Waals surface area (Å²) < 4.78 is 42.0. The number of rotatable bonds is 9. The van der Waals surface area contributed by atoms with Gasteiger partial charge in [-0.05, 0) is 19.1 Å². The van der Waals surface area contributed by atoms with Gasteiger partial charge in [-0.3, -0.25) is 9.59 Å². The molecule has 0 aliphatic carbocycles. The number of nitrogens with one attached hydrogen (secondary N) is 1. The monoisotopic (exact) mass is 432 g/mol. The second-order valence-corrected chi connectivity index (χ2v) is 8.65. The molecule has 0 spiro atoms. The first-order chi connectivity index (χ1) is 13.4. The quantitative estimate of drug-likeness (QED) is 0.574. The van der Waals surface area contributed by atoms with Crippen LogP contribution in [0.1, 0.15) is 6.92 Å². The number of carbonyl (C=O) groups is 2. The number of esters is 1. The van der Waals surface area contributed by atoms with Gasteiger partial charge in [0.15, 0.2) is 0 Å². The largest absolute Gasteiger partial charge is 0.495 e. The maximum atomic E-state index is 12.7. The third kappa shape index (κ3) is 6.09. The van der Waals surface area contributed by atoms with Crippen molar-refractivity contribution in [2.24, 2.45) is 0 Å². The molecular weight excluding hydrogens is 408 g/mol. The van der Waals surface area contributed by atoms with Gasteiger partial charge in [0.05, 0.1) is 49.0 Å². The van der Waals surface area contributed by atoms with Crippen LogP contribution in [0.15, 0.2) is 23.1 Å². The molecule has 156 valence electrons. The fourth-order valence-electron chi connectivity index (χ4n) is 2.49. The lowest BCUT2D eigenvalue weighted by molar-refractivity contribution is -0.139. The minimum Gasteiger partial charge on any atom is -0.495 e. The van der Waals surface area contributed by atoms with E-state index >= 15 is 0 Å². The molecule has 1 aromatic carbocycles. The number of anilines is 1. The van der Waals surface area contributed by atoms with E-state index in [1.54, 1.807) is 6.92 Å². The van der Waals surface area contributed by atoms with E-state index in [1.807, 2.05) is 0 Å². The Morgan fingerprint density at radius 1 is 1.25 bits per heavy atom. The van der Waals surface area contributed by atoms with Crippen molar-refractivity contribution < 1.29 is 32.2 Å². The Labute approximate surface area is 168 Å². The van der Waals surface area contributed by atoms with Crippen LogP contribution in [0, 0.1) is 0 Å². The average molecular weight is 433 g/mol. The Kier molecular flexibility index (Phi) is 8.55. The van der Waals surface area contributed by atoms with E-state index in [9.17, 15) is 18.0 Å². The van der Waals surface area contributed by atoms with Crippen LogP contribution in [0.25, 0.3) is 0 Å². The topological polar surface area (TPSA) is 111 Å². The third-order valence-corrected chi connectivity index (χ3v) is 6.61. The van der Waals surface area contributed by atoms with Crippen molar-refractivity contribution in [3.05, 3.63) is 18.2 Å². The lowest BCUT2D eigenvalue weighted by Gasteiger charge is -2.26. The third-order valence-electron chi connectivity index (χ3n) is 3.81. The molecule has 1 saturated heterocycles. The van der Waals surface area contributed by atoms with Crippen molar-refractivity contribution in [1.29, 1.82) is 0 Å². The molecule has 2 rings (SSSR count). The van der Waals surface area contributed by atoms with E-state index in [1.165, 1.54) is 29.6 Å². The number of benzene rings is 1. The number of nitrogens with zero attached hydrogens (tertiary/aromatic N) is 1. The highest BCUT2D eigenvalue weighted by Crippen LogP contribution is 2.29. The molecule has 0 unspecified atom stereocenters. The first-order valence-electron chi connectivity index (χ1n) is 8.67. The number of methoxy groups -OCH3 is 1. The van der Waals surface area contributed by atoms with Crippen molar-refractivity contribution in [3.8, 4) is 5.75 Å². The van der Waals surface area contributed by atoms with Crippen LogP contribution in [0.5, 0.6) is 5.75 Å². The standard InChI is InChI=1S/C17H24N2O7S2/c1-3-26-17(21)12-27-11-16(20)18-14-5-4-13(10-15(14)24-2)28(22,23)19-6-8-25-9-7-19/h4-5,10H,3,6-9,11-12H2,1-2H3,(H,18,20). The summed E-state index contributed by atoms with van der Waals surface area (Å²) in [6, 6.07) is 4.29. The first kappa shape index (κ1) is 22.5. The number of hydrogen-bond donors (Lipinski definition) is 1. The normalized spacial score (nSPS) is 15.1. The average Bonchev–Trinajstić information content (AvgIpc) is 2.69. The summed E-state index contributed by atoms with van der Waals surface area (Å²) >= 11 is 1.13. The summed E-state index contributed by atoms with van der Waals surface area (Å²) in [5, 5.41) is 2.66. The second kappa shape index (κ2) is 10.6. The molecule has 1 fully saturated rings. The molecule has 1 heterocycles. The highest BCUT2D eigenvalue weighted by Gasteiger charge is 2.27. The summed E-state index contributed by atoms with van der Waals surface area (Å²) in [5.74, 6) is -0.352. The maximum absolute atomic E-state index is 12.7. The van der Waals surface area contributed by atoms with E-state index in [-0.39, 0.29) is 34.0 Å². The fraction of sp³-hybridized carbons (Fsp3) is 0.529. The van der Waals surface area contributed by atoms with Crippen LogP contribution >= 0.6 is 11.8 Å². The smallest absolute Gasteiger partial charge is 0.315 e. The number of ether oxygens (including phenoxy) is 3. The molecule has 0 atom stereocenters. The van der Waals surface area contributed by atoms with E-state index in [4.69, 9.17) is 14.2 Å². The molecule has 1 aliphatic rings. The van der Waals surface area contributed by atoms with Crippen molar-refractivity contribution in [2.75, 3.05) is 56.8 Å². The van der Waals surface area contributed by atoms with Gasteiger partial charge < -0.3 is 19.5 Å². The Balaban J connectivity index is 2.02. The highest BCUT2D eigenvalue weighted by atomic mass is 32.2. The fourth-order valence-corrected chi connectivity index (χ4v) is 4.52. The minimum atomic E-state index is -3.66. The highest BCUT2D eigenvalue weighted by molar-refractivity contribution is 8.00. The van der Waals surface area contributed by atoms with Gasteiger partial charge in [0, 0.05) is 19.2 Å². The van der Waals surface area contributed by atoms with Gasteiger partial charge in [-0.25, -0.2) is 8.42 Å². The Hall–Kier alpha value is -1.82. The molecule has 28 heavy (non-hydrogen) atoms. The van der Waals surface area contributed by atoms with Gasteiger partial charge in [-0.2, -0.15) is 4.31 Å². The summed E-state index contributed by atoms with van der Waals surface area (Å²) in [4.78, 5) is 23.4. The predicted molar refractivity (Wildman–Crippen MR) is 105 cm³/mol. The van der Waals surface area contributed by atoms with Crippen LogP contribution in [0.3, 0.4) is 0 Å². The van der Waals surface area contributed by atoms with Crippen molar-refractivity contribution >= 4 is 39.3 Å². The van der Waals surface area contributed by atoms with Gasteiger partial charge in [-0.15, -0.1) is 11.8 Å². The van der Waals surface area contributed by atoms with Gasteiger partial charge in [0.1, 0.15) is 5.75 Å². The SMILES string of the molecule is CCOC(=O)CSCC(=O)Nc1ccc(S(=O)(=O)N2CCOCC2)cc1OC. The molecule has 0 radical (unpaired) electrons. The molecule has 0 aromatic heterocycles. The van der Waals surface area contributed by atoms with Gasteiger partial charge >= 0.3 is 5.97 Å². The van der Waals surface area contributed by atoms with Gasteiger partial charge in [0.25, 0.3) is 0 Å². The summed E-state index contributed by atoms with van der Waals surface area (Å²) in [6.45, 7) is 3.30. The van der Waals surface area contributed by atoms with Crippen molar-refractivity contribution in [2.45, 2.75) is 11.8 Å². The molecule has 1 N–H and O–H groups in total. The number of morpholine rings is 1. The lowest BCUT2D eigenvalue weighted by Crippen LogP contribution is -2.40. The van der Waals surface area contributed by atoms with Gasteiger partial charge in [0.2, 0.25) is 15.9 Å². The maximum Gasteiger partial charge on any atom is 0.315 e. The molecule has 1 amide bonds. The van der Waals surface area contributed by atoms with Crippen molar-refractivity contribution in [3.63, 3.8) is 0 Å². The second-order valence-electron chi connectivity index (χ2n) is 5.72. The molecule has 9 nitrogen and oxygen atoms in total. The summed E-state index contributed by atoms with van der Waals surface area (Å²) in [6.07, 6.45) is 0. The lowest BCUT2D eigenvalue weighted by atomic mass is 10.3. The molecule has 0 saturated carbocycles. The molecule has 1 aliphatic heterocycles. The predicted octanol–water partition coefficient (Wildman–Crippen LogP) is 0.951. The van der Waals surface area contributed by atoms with E-state index in [0.29, 0.717) is 38.6 Å². The Bertz CT molecular complexity index is 793. The zero-order chi connectivity index (χ0) is 20.6. The zero-order valence-corrected chi connectivity index (χ0v) is 17.4. The molecule has 0 bridgehead atoms. The number of sulfonamides is 1. The van der Waals surface area contributed by atoms with Crippen LogP contribution in [-0.4, -0.2) is 76.1 Å². The van der Waals surface area contributed by atoms with Crippen LogP contribution in [0.2, 0.25) is 0 Å². The number of carbonyl (C=O) groups excluding carboxylic acids is 2. The Morgan fingerprint density at radius 2 is 1.96 bits per heavy atom. The van der Waals surface area contributed by atoms with Crippen LogP contribution < -0.4 is 10.1 Å². The molecule has 11 heteroatoms.